The van der Waals surface area contributed by atoms with E-state index >= 15 is 0 Å². The van der Waals surface area contributed by atoms with Crippen LogP contribution in [-0.2, 0) is 16.4 Å². The van der Waals surface area contributed by atoms with Crippen molar-refractivity contribution in [1.29, 1.82) is 0 Å². The van der Waals surface area contributed by atoms with Gasteiger partial charge < -0.3 is 10.1 Å². The first kappa shape index (κ1) is 17.9. The van der Waals surface area contributed by atoms with Gasteiger partial charge in [-0.15, -0.1) is 0 Å². The second-order valence-corrected chi connectivity index (χ2v) is 9.00. The van der Waals surface area contributed by atoms with E-state index in [1.807, 2.05) is 24.3 Å². The molecule has 27 heavy (non-hydrogen) atoms. The summed E-state index contributed by atoms with van der Waals surface area (Å²) < 4.78 is 31.3. The topological polar surface area (TPSA) is 75.7 Å². The second kappa shape index (κ2) is 7.23. The Morgan fingerprint density at radius 3 is 2.85 bits per heavy atom. The second-order valence-electron chi connectivity index (χ2n) is 6.99. The minimum absolute atomic E-state index is 0.159. The van der Waals surface area contributed by atoms with Crippen LogP contribution in [0.5, 0.6) is 5.75 Å². The monoisotopic (exact) mass is 386 g/mol. The fourth-order valence-electron chi connectivity index (χ4n) is 3.59. The summed E-state index contributed by atoms with van der Waals surface area (Å²) >= 11 is 0. The molecule has 0 bridgehead atoms. The van der Waals surface area contributed by atoms with Gasteiger partial charge in [0.1, 0.15) is 5.75 Å². The molecule has 1 N–H and O–H groups in total. The lowest BCUT2D eigenvalue weighted by molar-refractivity contribution is 0.0939. The highest BCUT2D eigenvalue weighted by molar-refractivity contribution is 7.93. The number of rotatable bonds is 4. The molecule has 0 saturated carbocycles. The van der Waals surface area contributed by atoms with Crippen molar-refractivity contribution in [3.63, 3.8) is 0 Å². The standard InChI is InChI=1S/C20H22N2O4S/c23-20(21-13-15-11-16-5-1-2-8-19(16)26-14-15)17-6-3-7-18(12-17)22-9-4-10-27(22,24)25/h1-3,5-8,12,15H,4,9-11,13-14H2,(H,21,23). The van der Waals surface area contributed by atoms with Crippen molar-refractivity contribution < 1.29 is 17.9 Å². The van der Waals surface area contributed by atoms with E-state index in [1.165, 1.54) is 4.31 Å². The van der Waals surface area contributed by atoms with Gasteiger partial charge in [-0.05, 0) is 42.7 Å². The van der Waals surface area contributed by atoms with E-state index in [-0.39, 0.29) is 17.6 Å². The molecule has 0 aromatic heterocycles. The number of ether oxygens (including phenoxy) is 1. The highest BCUT2D eigenvalue weighted by Crippen LogP contribution is 2.27. The molecule has 2 aromatic carbocycles. The summed E-state index contributed by atoms with van der Waals surface area (Å²) in [6.07, 6.45) is 1.48. The molecule has 0 aliphatic carbocycles. The van der Waals surface area contributed by atoms with Crippen LogP contribution in [0.1, 0.15) is 22.3 Å². The van der Waals surface area contributed by atoms with E-state index in [0.717, 1.165) is 17.7 Å². The number of benzene rings is 2. The van der Waals surface area contributed by atoms with E-state index in [4.69, 9.17) is 4.74 Å². The minimum atomic E-state index is -3.26. The summed E-state index contributed by atoms with van der Waals surface area (Å²) in [5, 5.41) is 2.95. The Labute approximate surface area is 159 Å². The van der Waals surface area contributed by atoms with Crippen molar-refractivity contribution in [2.24, 2.45) is 5.92 Å². The molecule has 2 heterocycles. The molecule has 2 aromatic rings. The fourth-order valence-corrected chi connectivity index (χ4v) is 5.15. The number of carbonyl (C=O) groups excluding carboxylic acids is 1. The molecule has 6 nitrogen and oxygen atoms in total. The Morgan fingerprint density at radius 2 is 2.04 bits per heavy atom. The van der Waals surface area contributed by atoms with Crippen LogP contribution in [-0.4, -0.2) is 39.8 Å². The highest BCUT2D eigenvalue weighted by Gasteiger charge is 2.28. The maximum absolute atomic E-state index is 12.5. The van der Waals surface area contributed by atoms with Gasteiger partial charge in [0.15, 0.2) is 0 Å². The van der Waals surface area contributed by atoms with Gasteiger partial charge in [0, 0.05) is 24.6 Å². The quantitative estimate of drug-likeness (QED) is 0.874. The van der Waals surface area contributed by atoms with Crippen LogP contribution >= 0.6 is 0 Å². The van der Waals surface area contributed by atoms with E-state index in [2.05, 4.69) is 5.32 Å². The van der Waals surface area contributed by atoms with Crippen LogP contribution in [0.3, 0.4) is 0 Å². The predicted molar refractivity (Wildman–Crippen MR) is 104 cm³/mol. The molecule has 0 radical (unpaired) electrons. The normalized spacial score (nSPS) is 20.6. The first-order valence-corrected chi connectivity index (χ1v) is 10.7. The number of nitrogens with one attached hydrogen (secondary N) is 1. The van der Waals surface area contributed by atoms with Crippen LogP contribution in [0.4, 0.5) is 5.69 Å². The largest absolute Gasteiger partial charge is 0.493 e. The van der Waals surface area contributed by atoms with E-state index in [9.17, 15) is 13.2 Å². The van der Waals surface area contributed by atoms with Crippen molar-refractivity contribution in [3.05, 3.63) is 59.7 Å². The summed E-state index contributed by atoms with van der Waals surface area (Å²) in [5.41, 5.74) is 2.17. The number of carbonyl (C=O) groups is 1. The molecule has 1 atom stereocenters. The summed E-state index contributed by atoms with van der Waals surface area (Å²) in [5.74, 6) is 1.09. The average molecular weight is 386 g/mol. The number of hydrogen-bond donors (Lipinski definition) is 1. The van der Waals surface area contributed by atoms with Crippen LogP contribution in [0.15, 0.2) is 48.5 Å². The van der Waals surface area contributed by atoms with E-state index < -0.39 is 10.0 Å². The molecule has 7 heteroatoms. The molecule has 0 spiro atoms. The number of nitrogens with zero attached hydrogens (tertiary/aromatic N) is 1. The lowest BCUT2D eigenvalue weighted by Crippen LogP contribution is -2.35. The zero-order valence-electron chi connectivity index (χ0n) is 14.9. The highest BCUT2D eigenvalue weighted by atomic mass is 32.2. The molecular weight excluding hydrogens is 364 g/mol. The molecule has 2 aliphatic heterocycles. The summed E-state index contributed by atoms with van der Waals surface area (Å²) in [4.78, 5) is 12.5. The van der Waals surface area contributed by atoms with Crippen molar-refractivity contribution in [1.82, 2.24) is 5.32 Å². The minimum Gasteiger partial charge on any atom is -0.493 e. The first-order chi connectivity index (χ1) is 13.0. The molecule has 1 unspecified atom stereocenters. The molecule has 1 saturated heterocycles. The van der Waals surface area contributed by atoms with Crippen molar-refractivity contribution in [2.75, 3.05) is 29.8 Å². The fraction of sp³-hybridized carbons (Fsp3) is 0.350. The molecular formula is C20H22N2O4S. The number of hydrogen-bond acceptors (Lipinski definition) is 4. The summed E-state index contributed by atoms with van der Waals surface area (Å²) in [6.45, 7) is 1.55. The van der Waals surface area contributed by atoms with Gasteiger partial charge in [-0.2, -0.15) is 0 Å². The summed E-state index contributed by atoms with van der Waals surface area (Å²) in [7, 11) is -3.26. The Hall–Kier alpha value is -2.54. The summed E-state index contributed by atoms with van der Waals surface area (Å²) in [6, 6.07) is 14.7. The zero-order valence-corrected chi connectivity index (χ0v) is 15.7. The van der Waals surface area contributed by atoms with Gasteiger partial charge in [-0.3, -0.25) is 9.10 Å². The van der Waals surface area contributed by atoms with E-state index in [0.29, 0.717) is 37.4 Å². The zero-order chi connectivity index (χ0) is 18.9. The van der Waals surface area contributed by atoms with Gasteiger partial charge in [0.2, 0.25) is 10.0 Å². The Bertz CT molecular complexity index is 958. The van der Waals surface area contributed by atoms with Gasteiger partial charge >= 0.3 is 0 Å². The van der Waals surface area contributed by atoms with Crippen LogP contribution in [0.2, 0.25) is 0 Å². The Kier molecular flexibility index (Phi) is 4.78. The number of amides is 1. The van der Waals surface area contributed by atoms with Crippen molar-refractivity contribution in [3.8, 4) is 5.75 Å². The Morgan fingerprint density at radius 1 is 1.19 bits per heavy atom. The predicted octanol–water partition coefficient (Wildman–Crippen LogP) is 2.21. The van der Waals surface area contributed by atoms with Crippen LogP contribution < -0.4 is 14.4 Å². The smallest absolute Gasteiger partial charge is 0.251 e. The lowest BCUT2D eigenvalue weighted by atomic mass is 9.96. The Balaban J connectivity index is 1.40. The molecule has 1 amide bonds. The number of anilines is 1. The maximum atomic E-state index is 12.5. The SMILES string of the molecule is O=C(NCC1COc2ccccc2C1)c1cccc(N2CCCS2(=O)=O)c1. The van der Waals surface area contributed by atoms with Crippen LogP contribution in [0, 0.1) is 5.92 Å². The molecule has 1 fully saturated rings. The van der Waals surface area contributed by atoms with E-state index in [1.54, 1.807) is 24.3 Å². The van der Waals surface area contributed by atoms with Gasteiger partial charge in [0.05, 0.1) is 18.0 Å². The van der Waals surface area contributed by atoms with Gasteiger partial charge in [-0.1, -0.05) is 24.3 Å². The van der Waals surface area contributed by atoms with Crippen LogP contribution in [0.25, 0.3) is 0 Å². The first-order valence-electron chi connectivity index (χ1n) is 9.12. The van der Waals surface area contributed by atoms with Crippen molar-refractivity contribution >= 4 is 21.6 Å². The molecule has 2 aliphatic rings. The third kappa shape index (κ3) is 3.78. The molecule has 4 rings (SSSR count). The van der Waals surface area contributed by atoms with Gasteiger partial charge in [0.25, 0.3) is 5.91 Å². The molecule has 142 valence electrons. The maximum Gasteiger partial charge on any atom is 0.251 e. The number of sulfonamides is 1. The number of para-hydroxylation sites is 1. The lowest BCUT2D eigenvalue weighted by Gasteiger charge is -2.25. The third-order valence-corrected chi connectivity index (χ3v) is 6.87. The van der Waals surface area contributed by atoms with Gasteiger partial charge in [-0.25, -0.2) is 8.42 Å². The number of fused-ring (bicyclic) bond motifs is 1. The third-order valence-electron chi connectivity index (χ3n) is 5.00. The van der Waals surface area contributed by atoms with Crippen molar-refractivity contribution in [2.45, 2.75) is 12.8 Å². The average Bonchev–Trinajstić information content (AvgIpc) is 3.05.